The van der Waals surface area contributed by atoms with Gasteiger partial charge in [0.15, 0.2) is 0 Å². The first kappa shape index (κ1) is 16.5. The van der Waals surface area contributed by atoms with Crippen molar-refractivity contribution in [2.24, 2.45) is 0 Å². The van der Waals surface area contributed by atoms with Crippen molar-refractivity contribution in [2.45, 2.75) is 56.0 Å². The molecule has 3 fully saturated rings. The summed E-state index contributed by atoms with van der Waals surface area (Å²) in [6.45, 7) is 2.27. The highest BCUT2D eigenvalue weighted by Crippen LogP contribution is 2.41. The van der Waals surface area contributed by atoms with Gasteiger partial charge in [0.25, 0.3) is 0 Å². The quantitative estimate of drug-likeness (QED) is 0.917. The lowest BCUT2D eigenvalue weighted by Gasteiger charge is -2.53. The third-order valence-corrected chi connectivity index (χ3v) is 6.67. The van der Waals surface area contributed by atoms with Crippen molar-refractivity contribution in [1.29, 1.82) is 0 Å². The minimum absolute atomic E-state index is 0.0682. The fraction of sp³-hybridized carbons (Fsp3) is 0.478. The highest BCUT2D eigenvalue weighted by Gasteiger charge is 2.47. The molecule has 26 heavy (non-hydrogen) atoms. The van der Waals surface area contributed by atoms with Gasteiger partial charge < -0.3 is 5.11 Å². The lowest BCUT2D eigenvalue weighted by molar-refractivity contribution is -0.0521. The van der Waals surface area contributed by atoms with Crippen LogP contribution in [0.5, 0.6) is 0 Å². The molecule has 3 heterocycles. The molecule has 0 amide bonds. The molecule has 2 aromatic rings. The molecule has 0 radical (unpaired) electrons. The molecule has 0 spiro atoms. The standard InChI is InChI=1S/C23H28N2O/c26-22-13-19-11-12-20(14-22)25(19)21-15-24(16-21)23(17-7-3-1-4-8-17)18-9-5-2-6-10-18/h1-10,19-23,26H,11-16H2. The van der Waals surface area contributed by atoms with E-state index in [4.69, 9.17) is 0 Å². The number of piperidine rings is 1. The smallest absolute Gasteiger partial charge is 0.0602 e. The van der Waals surface area contributed by atoms with Crippen LogP contribution in [0.25, 0.3) is 0 Å². The van der Waals surface area contributed by atoms with Crippen molar-refractivity contribution < 1.29 is 5.11 Å². The Bertz CT molecular complexity index is 675. The van der Waals surface area contributed by atoms with E-state index in [-0.39, 0.29) is 6.10 Å². The van der Waals surface area contributed by atoms with Gasteiger partial charge >= 0.3 is 0 Å². The highest BCUT2D eigenvalue weighted by atomic mass is 16.3. The fourth-order valence-corrected chi connectivity index (χ4v) is 5.55. The Balaban J connectivity index is 1.34. The topological polar surface area (TPSA) is 26.7 Å². The average Bonchev–Trinajstić information content (AvgIpc) is 2.89. The summed E-state index contributed by atoms with van der Waals surface area (Å²) in [7, 11) is 0. The normalized spacial score (nSPS) is 29.8. The van der Waals surface area contributed by atoms with Crippen LogP contribution in [0.1, 0.15) is 42.9 Å². The number of rotatable bonds is 4. The van der Waals surface area contributed by atoms with Crippen molar-refractivity contribution in [1.82, 2.24) is 9.80 Å². The SMILES string of the molecule is OC1CC2CCC(C1)N2C1CN(C(c2ccccc2)c2ccccc2)C1. The molecule has 136 valence electrons. The average molecular weight is 348 g/mol. The van der Waals surface area contributed by atoms with E-state index >= 15 is 0 Å². The van der Waals surface area contributed by atoms with Crippen molar-refractivity contribution >= 4 is 0 Å². The molecule has 3 aliphatic heterocycles. The second-order valence-corrected chi connectivity index (χ2v) is 8.29. The summed E-state index contributed by atoms with van der Waals surface area (Å²) in [5.41, 5.74) is 2.77. The summed E-state index contributed by atoms with van der Waals surface area (Å²) < 4.78 is 0. The van der Waals surface area contributed by atoms with Crippen LogP contribution in [0.3, 0.4) is 0 Å². The summed E-state index contributed by atoms with van der Waals surface area (Å²) in [6.07, 6.45) is 4.45. The summed E-state index contributed by atoms with van der Waals surface area (Å²) >= 11 is 0. The lowest BCUT2D eigenvalue weighted by atomic mass is 9.90. The van der Waals surface area contributed by atoms with Gasteiger partial charge in [0.2, 0.25) is 0 Å². The maximum absolute atomic E-state index is 10.1. The van der Waals surface area contributed by atoms with Gasteiger partial charge in [0.05, 0.1) is 12.1 Å². The third-order valence-electron chi connectivity index (χ3n) is 6.67. The Kier molecular flexibility index (Phi) is 4.32. The zero-order chi connectivity index (χ0) is 17.5. The van der Waals surface area contributed by atoms with Gasteiger partial charge in [0.1, 0.15) is 0 Å². The van der Waals surface area contributed by atoms with Gasteiger partial charge in [0, 0.05) is 31.2 Å². The molecule has 2 unspecified atom stereocenters. The molecule has 2 bridgehead atoms. The Morgan fingerprint density at radius 1 is 0.731 bits per heavy atom. The number of aliphatic hydroxyl groups is 1. The minimum atomic E-state index is -0.0682. The maximum Gasteiger partial charge on any atom is 0.0602 e. The van der Waals surface area contributed by atoms with E-state index in [1.807, 2.05) is 0 Å². The largest absolute Gasteiger partial charge is 0.393 e. The van der Waals surface area contributed by atoms with Gasteiger partial charge in [-0.15, -0.1) is 0 Å². The fourth-order valence-electron chi connectivity index (χ4n) is 5.55. The number of likely N-dealkylation sites (tertiary alicyclic amines) is 1. The van der Waals surface area contributed by atoms with Crippen LogP contribution in [-0.2, 0) is 0 Å². The van der Waals surface area contributed by atoms with Crippen LogP contribution in [0.15, 0.2) is 60.7 Å². The van der Waals surface area contributed by atoms with Gasteiger partial charge in [-0.1, -0.05) is 60.7 Å². The van der Waals surface area contributed by atoms with E-state index < -0.39 is 0 Å². The summed E-state index contributed by atoms with van der Waals surface area (Å²) in [6, 6.07) is 24.0. The highest BCUT2D eigenvalue weighted by molar-refractivity contribution is 5.32. The molecule has 2 atom stereocenters. The Morgan fingerprint density at radius 2 is 1.23 bits per heavy atom. The molecule has 3 aliphatic rings. The summed E-state index contributed by atoms with van der Waals surface area (Å²) in [4.78, 5) is 5.38. The monoisotopic (exact) mass is 348 g/mol. The van der Waals surface area contributed by atoms with Crippen LogP contribution in [0.2, 0.25) is 0 Å². The van der Waals surface area contributed by atoms with Crippen LogP contribution < -0.4 is 0 Å². The van der Waals surface area contributed by atoms with Crippen LogP contribution >= 0.6 is 0 Å². The first-order chi connectivity index (χ1) is 12.8. The molecule has 1 N–H and O–H groups in total. The Labute approximate surface area is 156 Å². The van der Waals surface area contributed by atoms with Crippen molar-refractivity contribution in [3.05, 3.63) is 71.8 Å². The molecular weight excluding hydrogens is 320 g/mol. The van der Waals surface area contributed by atoms with E-state index in [0.29, 0.717) is 24.2 Å². The number of fused-ring (bicyclic) bond motifs is 2. The van der Waals surface area contributed by atoms with Crippen LogP contribution in [0.4, 0.5) is 0 Å². The number of nitrogens with zero attached hydrogens (tertiary/aromatic N) is 2. The zero-order valence-corrected chi connectivity index (χ0v) is 15.2. The molecular formula is C23H28N2O. The third kappa shape index (κ3) is 2.88. The van der Waals surface area contributed by atoms with E-state index in [1.54, 1.807) is 0 Å². The number of benzene rings is 2. The van der Waals surface area contributed by atoms with E-state index in [2.05, 4.69) is 70.5 Å². The van der Waals surface area contributed by atoms with E-state index in [9.17, 15) is 5.11 Å². The van der Waals surface area contributed by atoms with E-state index in [1.165, 1.54) is 24.0 Å². The molecule has 3 heteroatoms. The molecule has 0 saturated carbocycles. The second-order valence-electron chi connectivity index (χ2n) is 8.29. The lowest BCUT2D eigenvalue weighted by Crippen LogP contribution is -2.64. The molecule has 0 aliphatic carbocycles. The summed E-state index contributed by atoms with van der Waals surface area (Å²) in [5, 5.41) is 10.1. The second kappa shape index (κ2) is 6.80. The number of aliphatic hydroxyl groups excluding tert-OH is 1. The molecule has 5 rings (SSSR count). The molecule has 2 aromatic carbocycles. The van der Waals surface area contributed by atoms with Gasteiger partial charge in [-0.25, -0.2) is 0 Å². The van der Waals surface area contributed by atoms with Gasteiger partial charge in [-0.2, -0.15) is 0 Å². The Morgan fingerprint density at radius 3 is 1.73 bits per heavy atom. The predicted molar refractivity (Wildman–Crippen MR) is 104 cm³/mol. The van der Waals surface area contributed by atoms with Gasteiger partial charge in [-0.05, 0) is 36.8 Å². The van der Waals surface area contributed by atoms with Crippen molar-refractivity contribution in [3.8, 4) is 0 Å². The van der Waals surface area contributed by atoms with Crippen LogP contribution in [-0.4, -0.2) is 52.2 Å². The maximum atomic E-state index is 10.1. The number of hydrogen-bond donors (Lipinski definition) is 1. The predicted octanol–water partition coefficient (Wildman–Crippen LogP) is 3.45. The number of hydrogen-bond acceptors (Lipinski definition) is 3. The Hall–Kier alpha value is -1.68. The first-order valence-corrected chi connectivity index (χ1v) is 10.1. The molecule has 3 nitrogen and oxygen atoms in total. The van der Waals surface area contributed by atoms with Crippen molar-refractivity contribution in [3.63, 3.8) is 0 Å². The minimum Gasteiger partial charge on any atom is -0.393 e. The molecule has 0 aromatic heterocycles. The van der Waals surface area contributed by atoms with Crippen LogP contribution in [0, 0.1) is 0 Å². The van der Waals surface area contributed by atoms with Gasteiger partial charge in [-0.3, -0.25) is 9.80 Å². The molecule has 3 saturated heterocycles. The first-order valence-electron chi connectivity index (χ1n) is 10.1. The zero-order valence-electron chi connectivity index (χ0n) is 15.2. The van der Waals surface area contributed by atoms with Crippen molar-refractivity contribution in [2.75, 3.05) is 13.1 Å². The van der Waals surface area contributed by atoms with E-state index in [0.717, 1.165) is 25.9 Å². The summed E-state index contributed by atoms with van der Waals surface area (Å²) in [5.74, 6) is 0.